The molecule has 2 N–H and O–H groups in total. The van der Waals surface area contributed by atoms with E-state index in [-0.39, 0.29) is 0 Å². The largest absolute Gasteiger partial charge is 0.464 e. The van der Waals surface area contributed by atoms with Crippen LogP contribution in [0.15, 0.2) is 30.5 Å². The molecule has 1 aliphatic rings. The van der Waals surface area contributed by atoms with E-state index < -0.39 is 6.09 Å². The first-order chi connectivity index (χ1) is 11.2. The Balaban J connectivity index is 2.05. The summed E-state index contributed by atoms with van der Waals surface area (Å²) in [5.41, 5.74) is 2.11. The lowest BCUT2D eigenvalue weighted by molar-refractivity contribution is 0.197. The minimum Gasteiger partial charge on any atom is -0.464 e. The zero-order valence-electron chi connectivity index (χ0n) is 13.8. The van der Waals surface area contributed by atoms with Gasteiger partial charge in [0.25, 0.3) is 0 Å². The molecular weight excluding hydrogens is 288 g/mol. The molecule has 23 heavy (non-hydrogen) atoms. The average Bonchev–Trinajstić information content (AvgIpc) is 3.01. The summed E-state index contributed by atoms with van der Waals surface area (Å²) >= 11 is 0. The van der Waals surface area contributed by atoms with Crippen LogP contribution in [-0.4, -0.2) is 28.9 Å². The molecule has 0 spiro atoms. The summed E-state index contributed by atoms with van der Waals surface area (Å²) in [6.07, 6.45) is 6.65. The molecule has 0 amide bonds. The second-order valence-electron chi connectivity index (χ2n) is 6.59. The van der Waals surface area contributed by atoms with Crippen LogP contribution < -0.4 is 5.32 Å². The van der Waals surface area contributed by atoms with Gasteiger partial charge in [-0.3, -0.25) is 4.57 Å². The van der Waals surface area contributed by atoms with Crippen LogP contribution in [0.2, 0.25) is 0 Å². The van der Waals surface area contributed by atoms with Crippen LogP contribution in [-0.2, 0) is 0 Å². The van der Waals surface area contributed by atoms with Crippen molar-refractivity contribution in [2.45, 2.75) is 44.9 Å². The van der Waals surface area contributed by atoms with Crippen LogP contribution in [0.5, 0.6) is 0 Å². The van der Waals surface area contributed by atoms with Crippen LogP contribution in [0.25, 0.3) is 10.9 Å². The monoisotopic (exact) mass is 314 g/mol. The molecular formula is C19H26N2O2. The van der Waals surface area contributed by atoms with E-state index in [2.05, 4.69) is 24.4 Å². The molecule has 1 unspecified atom stereocenters. The van der Waals surface area contributed by atoms with Crippen LogP contribution in [0, 0.1) is 5.92 Å². The van der Waals surface area contributed by atoms with Crippen LogP contribution in [0.4, 0.5) is 4.79 Å². The van der Waals surface area contributed by atoms with Gasteiger partial charge in [0.15, 0.2) is 0 Å². The molecule has 124 valence electrons. The number of rotatable bonds is 5. The highest BCUT2D eigenvalue weighted by molar-refractivity contribution is 5.91. The van der Waals surface area contributed by atoms with Crippen molar-refractivity contribution in [3.63, 3.8) is 0 Å². The van der Waals surface area contributed by atoms with E-state index in [0.29, 0.717) is 11.8 Å². The lowest BCUT2D eigenvalue weighted by Gasteiger charge is -2.32. The number of carboxylic acid groups (broad SMARTS) is 1. The number of fused-ring (bicyclic) bond motifs is 1. The van der Waals surface area contributed by atoms with Crippen molar-refractivity contribution >= 4 is 17.0 Å². The predicted molar refractivity (Wildman–Crippen MR) is 93.2 cm³/mol. The molecule has 1 fully saturated rings. The Kier molecular flexibility index (Phi) is 5.01. The van der Waals surface area contributed by atoms with Gasteiger partial charge >= 0.3 is 6.09 Å². The topological polar surface area (TPSA) is 54.3 Å². The lowest BCUT2D eigenvalue weighted by atomic mass is 9.77. The van der Waals surface area contributed by atoms with E-state index in [9.17, 15) is 9.90 Å². The van der Waals surface area contributed by atoms with Gasteiger partial charge in [-0.05, 0) is 55.8 Å². The van der Waals surface area contributed by atoms with Gasteiger partial charge in [0.05, 0.1) is 5.52 Å². The lowest BCUT2D eigenvalue weighted by Crippen LogP contribution is -2.31. The summed E-state index contributed by atoms with van der Waals surface area (Å²) in [6.45, 7) is 4.37. The van der Waals surface area contributed by atoms with Gasteiger partial charge in [0, 0.05) is 11.6 Å². The first-order valence-electron chi connectivity index (χ1n) is 8.76. The van der Waals surface area contributed by atoms with Crippen molar-refractivity contribution in [1.29, 1.82) is 0 Å². The van der Waals surface area contributed by atoms with E-state index in [0.717, 1.165) is 30.4 Å². The summed E-state index contributed by atoms with van der Waals surface area (Å²) < 4.78 is 1.39. The summed E-state index contributed by atoms with van der Waals surface area (Å²) in [7, 11) is 0. The Morgan fingerprint density at radius 2 is 2.13 bits per heavy atom. The van der Waals surface area contributed by atoms with E-state index in [1.54, 1.807) is 6.20 Å². The maximum atomic E-state index is 11.6. The summed E-state index contributed by atoms with van der Waals surface area (Å²) in [6, 6.07) is 8.14. The van der Waals surface area contributed by atoms with E-state index in [1.807, 2.05) is 12.1 Å². The van der Waals surface area contributed by atoms with Gasteiger partial charge in [-0.2, -0.15) is 0 Å². The minimum absolute atomic E-state index is 0.453. The van der Waals surface area contributed by atoms with E-state index in [4.69, 9.17) is 0 Å². The summed E-state index contributed by atoms with van der Waals surface area (Å²) in [5, 5.41) is 14.0. The molecule has 1 atom stereocenters. The number of benzene rings is 1. The van der Waals surface area contributed by atoms with Crippen molar-refractivity contribution in [3.8, 4) is 0 Å². The zero-order chi connectivity index (χ0) is 16.2. The number of carbonyl (C=O) groups is 1. The highest BCUT2D eigenvalue weighted by Crippen LogP contribution is 2.38. The van der Waals surface area contributed by atoms with Crippen LogP contribution in [0.3, 0.4) is 0 Å². The molecule has 0 aliphatic carbocycles. The Morgan fingerprint density at radius 1 is 1.35 bits per heavy atom. The Labute approximate surface area is 137 Å². The molecule has 1 aromatic carbocycles. The maximum Gasteiger partial charge on any atom is 0.416 e. The molecule has 0 bridgehead atoms. The predicted octanol–water partition coefficient (Wildman–Crippen LogP) is 4.44. The van der Waals surface area contributed by atoms with Gasteiger partial charge in [-0.25, -0.2) is 4.79 Å². The number of unbranched alkanes of at least 4 members (excludes halogenated alkanes) is 1. The highest BCUT2D eigenvalue weighted by Gasteiger charge is 2.27. The van der Waals surface area contributed by atoms with Gasteiger partial charge < -0.3 is 10.4 Å². The maximum absolute atomic E-state index is 11.6. The zero-order valence-corrected chi connectivity index (χ0v) is 13.8. The molecule has 2 aromatic rings. The van der Waals surface area contributed by atoms with E-state index >= 15 is 0 Å². The van der Waals surface area contributed by atoms with Gasteiger partial charge in [-0.15, -0.1) is 0 Å². The fraction of sp³-hybridized carbons (Fsp3) is 0.526. The van der Waals surface area contributed by atoms with Crippen molar-refractivity contribution in [3.05, 3.63) is 36.0 Å². The van der Waals surface area contributed by atoms with Gasteiger partial charge in [-0.1, -0.05) is 38.0 Å². The second kappa shape index (κ2) is 7.18. The molecule has 0 radical (unpaired) electrons. The van der Waals surface area contributed by atoms with Crippen LogP contribution >= 0.6 is 0 Å². The Hall–Kier alpha value is -1.81. The number of aromatic nitrogens is 1. The molecule has 4 nitrogen and oxygen atoms in total. The summed E-state index contributed by atoms with van der Waals surface area (Å²) in [4.78, 5) is 11.6. The standard InChI is InChI=1S/C19H26N2O2/c1-2-3-6-16(14-8-11-20-12-9-14)17-7-4-5-15-10-13-21(18(15)17)19(22)23/h4-5,7,10,13-14,16,20H,2-3,6,8-9,11-12H2,1H3,(H,22,23). The highest BCUT2D eigenvalue weighted by atomic mass is 16.4. The fourth-order valence-electron chi connectivity index (χ4n) is 4.00. The average molecular weight is 314 g/mol. The molecule has 4 heteroatoms. The molecule has 3 rings (SSSR count). The van der Waals surface area contributed by atoms with Crippen molar-refractivity contribution in [2.75, 3.05) is 13.1 Å². The number of hydrogen-bond acceptors (Lipinski definition) is 2. The third-order valence-corrected chi connectivity index (χ3v) is 5.17. The van der Waals surface area contributed by atoms with Gasteiger partial charge in [0.2, 0.25) is 0 Å². The first-order valence-corrected chi connectivity index (χ1v) is 8.76. The first kappa shape index (κ1) is 16.1. The third kappa shape index (κ3) is 3.27. The van der Waals surface area contributed by atoms with E-state index in [1.165, 1.54) is 35.8 Å². The van der Waals surface area contributed by atoms with Crippen molar-refractivity contribution < 1.29 is 9.90 Å². The quantitative estimate of drug-likeness (QED) is 0.858. The second-order valence-corrected chi connectivity index (χ2v) is 6.59. The molecule has 1 aromatic heterocycles. The number of nitrogens with zero attached hydrogens (tertiary/aromatic N) is 1. The smallest absolute Gasteiger partial charge is 0.416 e. The van der Waals surface area contributed by atoms with Crippen LogP contribution in [0.1, 0.15) is 50.5 Å². The third-order valence-electron chi connectivity index (χ3n) is 5.17. The SMILES string of the molecule is CCCCC(c1cccc2ccn(C(=O)O)c12)C1CCNCC1. The van der Waals surface area contributed by atoms with Gasteiger partial charge in [0.1, 0.15) is 0 Å². The minimum atomic E-state index is -0.896. The number of para-hydroxylation sites is 1. The Bertz CT molecular complexity index is 671. The summed E-state index contributed by atoms with van der Waals surface area (Å²) in [5.74, 6) is 1.10. The number of nitrogens with one attached hydrogen (secondary N) is 1. The Morgan fingerprint density at radius 3 is 2.83 bits per heavy atom. The molecule has 2 heterocycles. The molecule has 1 aliphatic heterocycles. The normalized spacial score (nSPS) is 17.4. The number of hydrogen-bond donors (Lipinski definition) is 2. The molecule has 0 saturated carbocycles. The van der Waals surface area contributed by atoms with Crippen molar-refractivity contribution in [2.24, 2.45) is 5.92 Å². The van der Waals surface area contributed by atoms with Crippen molar-refractivity contribution in [1.82, 2.24) is 9.88 Å². The number of piperidine rings is 1. The molecule has 1 saturated heterocycles. The fourth-order valence-corrected chi connectivity index (χ4v) is 4.00.